The van der Waals surface area contributed by atoms with E-state index in [1.165, 1.54) is 0 Å². The molecule has 0 bridgehead atoms. The maximum Gasteiger partial charge on any atom is 0.269 e. The van der Waals surface area contributed by atoms with Gasteiger partial charge in [-0.25, -0.2) is 4.98 Å². The molecule has 0 aliphatic heterocycles. The number of hydrogen-bond donors (Lipinski definition) is 2. The molecule has 0 fully saturated rings. The standard InChI is InChI=1S/C17H19N5O2/c1-12(22-8-7-18-11-22)10-19-17(23)16-9-15(20-21-16)13-3-5-14(24-2)6-4-13/h3-9,11-12H,10H2,1-2H3,(H,19,23)(H,20,21)/t12-/m1/s1. The van der Waals surface area contributed by atoms with Gasteiger partial charge in [0.05, 0.1) is 19.1 Å². The van der Waals surface area contributed by atoms with Gasteiger partial charge in [0, 0.05) is 30.5 Å². The summed E-state index contributed by atoms with van der Waals surface area (Å²) in [6, 6.07) is 9.38. The van der Waals surface area contributed by atoms with E-state index >= 15 is 0 Å². The lowest BCUT2D eigenvalue weighted by atomic mass is 10.1. The predicted molar refractivity (Wildman–Crippen MR) is 89.8 cm³/mol. The lowest BCUT2D eigenvalue weighted by Gasteiger charge is -2.13. The van der Waals surface area contributed by atoms with E-state index in [1.54, 1.807) is 25.7 Å². The first-order valence-corrected chi connectivity index (χ1v) is 7.63. The molecule has 2 aromatic heterocycles. The number of carbonyl (C=O) groups is 1. The number of carbonyl (C=O) groups excluding carboxylic acids is 1. The molecule has 0 radical (unpaired) electrons. The van der Waals surface area contributed by atoms with Crippen LogP contribution in [-0.4, -0.2) is 39.3 Å². The molecule has 0 aliphatic carbocycles. The summed E-state index contributed by atoms with van der Waals surface area (Å²) in [6.45, 7) is 2.52. The molecule has 1 aromatic carbocycles. The number of imidazole rings is 1. The fraction of sp³-hybridized carbons (Fsp3) is 0.235. The van der Waals surface area contributed by atoms with Crippen molar-refractivity contribution in [3.63, 3.8) is 0 Å². The fourth-order valence-electron chi connectivity index (χ4n) is 2.32. The smallest absolute Gasteiger partial charge is 0.269 e. The second-order valence-electron chi connectivity index (χ2n) is 5.46. The molecule has 124 valence electrons. The molecule has 1 atom stereocenters. The third-order valence-corrected chi connectivity index (χ3v) is 3.80. The Morgan fingerprint density at radius 3 is 2.83 bits per heavy atom. The second kappa shape index (κ2) is 6.99. The number of benzene rings is 1. The van der Waals surface area contributed by atoms with Crippen LogP contribution in [0.4, 0.5) is 0 Å². The van der Waals surface area contributed by atoms with Gasteiger partial charge in [-0.05, 0) is 37.3 Å². The van der Waals surface area contributed by atoms with Crippen LogP contribution in [0.5, 0.6) is 5.75 Å². The maximum absolute atomic E-state index is 12.2. The number of amides is 1. The van der Waals surface area contributed by atoms with Gasteiger partial charge in [-0.2, -0.15) is 5.10 Å². The molecule has 24 heavy (non-hydrogen) atoms. The highest BCUT2D eigenvalue weighted by molar-refractivity contribution is 5.93. The molecule has 0 spiro atoms. The molecular formula is C17H19N5O2. The average molecular weight is 325 g/mol. The molecule has 3 aromatic rings. The summed E-state index contributed by atoms with van der Waals surface area (Å²) in [5.41, 5.74) is 2.06. The summed E-state index contributed by atoms with van der Waals surface area (Å²) < 4.78 is 7.08. The van der Waals surface area contributed by atoms with E-state index in [2.05, 4.69) is 20.5 Å². The van der Waals surface area contributed by atoms with Crippen LogP contribution < -0.4 is 10.1 Å². The molecule has 7 heteroatoms. The van der Waals surface area contributed by atoms with Gasteiger partial charge in [0.25, 0.3) is 5.91 Å². The highest BCUT2D eigenvalue weighted by atomic mass is 16.5. The van der Waals surface area contributed by atoms with E-state index in [0.29, 0.717) is 17.9 Å². The minimum Gasteiger partial charge on any atom is -0.497 e. The normalized spacial score (nSPS) is 11.9. The number of aromatic nitrogens is 4. The summed E-state index contributed by atoms with van der Waals surface area (Å²) in [7, 11) is 1.62. The Balaban J connectivity index is 1.62. The quantitative estimate of drug-likeness (QED) is 0.728. The van der Waals surface area contributed by atoms with Crippen molar-refractivity contribution in [3.8, 4) is 17.0 Å². The molecule has 0 aliphatic rings. The summed E-state index contributed by atoms with van der Waals surface area (Å²) in [5.74, 6) is 0.593. The average Bonchev–Trinajstić information content (AvgIpc) is 3.31. The van der Waals surface area contributed by atoms with E-state index in [4.69, 9.17) is 4.74 Å². The van der Waals surface area contributed by atoms with Gasteiger partial charge in [-0.1, -0.05) is 0 Å². The van der Waals surface area contributed by atoms with E-state index in [0.717, 1.165) is 11.3 Å². The van der Waals surface area contributed by atoms with Crippen LogP contribution in [0, 0.1) is 0 Å². The SMILES string of the molecule is COc1ccc(-c2cc(C(=O)NC[C@@H](C)n3ccnc3)[nH]n2)cc1. The summed E-state index contributed by atoms with van der Waals surface area (Å²) in [6.07, 6.45) is 5.32. The molecule has 2 N–H and O–H groups in total. The van der Waals surface area contributed by atoms with Crippen LogP contribution in [0.2, 0.25) is 0 Å². The van der Waals surface area contributed by atoms with Crippen molar-refractivity contribution < 1.29 is 9.53 Å². The summed E-state index contributed by atoms with van der Waals surface area (Å²) in [4.78, 5) is 16.2. The van der Waals surface area contributed by atoms with Crippen molar-refractivity contribution in [2.75, 3.05) is 13.7 Å². The largest absolute Gasteiger partial charge is 0.497 e. The molecule has 0 saturated heterocycles. The Morgan fingerprint density at radius 2 is 2.17 bits per heavy atom. The summed E-state index contributed by atoms with van der Waals surface area (Å²) >= 11 is 0. The second-order valence-corrected chi connectivity index (χ2v) is 5.46. The van der Waals surface area contributed by atoms with Crippen molar-refractivity contribution in [1.82, 2.24) is 25.1 Å². The highest BCUT2D eigenvalue weighted by Crippen LogP contribution is 2.21. The Morgan fingerprint density at radius 1 is 1.38 bits per heavy atom. The number of rotatable bonds is 6. The Kier molecular flexibility index (Phi) is 4.60. The Labute approximate surface area is 139 Å². The van der Waals surface area contributed by atoms with Gasteiger partial charge in [-0.15, -0.1) is 0 Å². The number of ether oxygens (including phenoxy) is 1. The number of hydrogen-bond acceptors (Lipinski definition) is 4. The third kappa shape index (κ3) is 3.45. The monoisotopic (exact) mass is 325 g/mol. The Hall–Kier alpha value is -3.09. The first-order chi connectivity index (χ1) is 11.7. The van der Waals surface area contributed by atoms with Crippen LogP contribution in [-0.2, 0) is 0 Å². The predicted octanol–water partition coefficient (Wildman–Crippen LogP) is 2.27. The molecule has 2 heterocycles. The number of aromatic amines is 1. The molecular weight excluding hydrogens is 306 g/mol. The molecule has 7 nitrogen and oxygen atoms in total. The number of methoxy groups -OCH3 is 1. The van der Waals surface area contributed by atoms with Crippen LogP contribution in [0.3, 0.4) is 0 Å². The van der Waals surface area contributed by atoms with E-state index in [-0.39, 0.29) is 11.9 Å². The third-order valence-electron chi connectivity index (χ3n) is 3.80. The zero-order chi connectivity index (χ0) is 16.9. The van der Waals surface area contributed by atoms with Crippen LogP contribution in [0.15, 0.2) is 49.1 Å². The van der Waals surface area contributed by atoms with Gasteiger partial charge in [0.15, 0.2) is 0 Å². The van der Waals surface area contributed by atoms with Gasteiger partial charge in [-0.3, -0.25) is 9.89 Å². The minimum atomic E-state index is -0.186. The van der Waals surface area contributed by atoms with Gasteiger partial charge in [0.2, 0.25) is 0 Å². The molecule has 1 amide bonds. The Bertz CT molecular complexity index is 793. The summed E-state index contributed by atoms with van der Waals surface area (Å²) in [5, 5.41) is 9.87. The van der Waals surface area contributed by atoms with Crippen LogP contribution in [0.1, 0.15) is 23.5 Å². The zero-order valence-electron chi connectivity index (χ0n) is 13.6. The van der Waals surface area contributed by atoms with Crippen molar-refractivity contribution in [2.24, 2.45) is 0 Å². The van der Waals surface area contributed by atoms with Crippen molar-refractivity contribution in [3.05, 3.63) is 54.7 Å². The molecule has 0 saturated carbocycles. The zero-order valence-corrected chi connectivity index (χ0v) is 13.6. The molecule has 3 rings (SSSR count). The molecule has 0 unspecified atom stereocenters. The van der Waals surface area contributed by atoms with Gasteiger partial charge in [0.1, 0.15) is 11.4 Å². The van der Waals surface area contributed by atoms with Gasteiger partial charge < -0.3 is 14.6 Å². The van der Waals surface area contributed by atoms with Crippen molar-refractivity contribution >= 4 is 5.91 Å². The lowest BCUT2D eigenvalue weighted by Crippen LogP contribution is -2.29. The number of nitrogens with zero attached hydrogens (tertiary/aromatic N) is 3. The topological polar surface area (TPSA) is 84.8 Å². The fourth-order valence-corrected chi connectivity index (χ4v) is 2.32. The van der Waals surface area contributed by atoms with E-state index < -0.39 is 0 Å². The maximum atomic E-state index is 12.2. The number of nitrogens with one attached hydrogen (secondary N) is 2. The highest BCUT2D eigenvalue weighted by Gasteiger charge is 2.12. The van der Waals surface area contributed by atoms with E-state index in [9.17, 15) is 4.79 Å². The lowest BCUT2D eigenvalue weighted by molar-refractivity contribution is 0.0943. The van der Waals surface area contributed by atoms with Crippen molar-refractivity contribution in [1.29, 1.82) is 0 Å². The van der Waals surface area contributed by atoms with Crippen molar-refractivity contribution in [2.45, 2.75) is 13.0 Å². The minimum absolute atomic E-state index is 0.125. The van der Waals surface area contributed by atoms with E-state index in [1.807, 2.05) is 42.0 Å². The number of H-pyrrole nitrogens is 1. The van der Waals surface area contributed by atoms with Gasteiger partial charge >= 0.3 is 0 Å². The first kappa shape index (κ1) is 15.8. The van der Waals surface area contributed by atoms with Crippen LogP contribution in [0.25, 0.3) is 11.3 Å². The first-order valence-electron chi connectivity index (χ1n) is 7.63. The van der Waals surface area contributed by atoms with Crippen LogP contribution >= 0.6 is 0 Å².